The largest absolute Gasteiger partial charge is 0.376 e. The minimum atomic E-state index is -0.200. The van der Waals surface area contributed by atoms with Crippen LogP contribution >= 0.6 is 0 Å². The lowest BCUT2D eigenvalue weighted by molar-refractivity contribution is -0.0473. The van der Waals surface area contributed by atoms with Crippen LogP contribution in [-0.4, -0.2) is 35.1 Å². The molecule has 2 rings (SSSR count). The molecule has 1 atom stereocenters. The van der Waals surface area contributed by atoms with Gasteiger partial charge in [0.25, 0.3) is 5.91 Å². The van der Waals surface area contributed by atoms with Gasteiger partial charge < -0.3 is 10.1 Å². The summed E-state index contributed by atoms with van der Waals surface area (Å²) in [6, 6.07) is 0. The standard InChI is InChI=1S/C9H11N3O2/c13-9(8-6-10-2-3-11-8)12-5-7-1-4-14-7/h2-3,6-7H,1,4-5H2,(H,12,13). The lowest BCUT2D eigenvalue weighted by atomic mass is 10.2. The van der Waals surface area contributed by atoms with Crippen molar-refractivity contribution in [1.82, 2.24) is 15.3 Å². The number of rotatable bonds is 3. The number of aromatic nitrogens is 2. The smallest absolute Gasteiger partial charge is 0.271 e. The highest BCUT2D eigenvalue weighted by Gasteiger charge is 2.19. The molecular weight excluding hydrogens is 182 g/mol. The fourth-order valence-electron chi connectivity index (χ4n) is 1.16. The molecule has 1 unspecified atom stereocenters. The monoisotopic (exact) mass is 193 g/mol. The maximum absolute atomic E-state index is 11.4. The van der Waals surface area contributed by atoms with Gasteiger partial charge in [0, 0.05) is 25.5 Å². The van der Waals surface area contributed by atoms with Crippen molar-refractivity contribution < 1.29 is 9.53 Å². The van der Waals surface area contributed by atoms with E-state index in [2.05, 4.69) is 15.3 Å². The van der Waals surface area contributed by atoms with Gasteiger partial charge in [-0.1, -0.05) is 0 Å². The predicted octanol–water partition coefficient (Wildman–Crippen LogP) is -0.00470. The van der Waals surface area contributed by atoms with Crippen molar-refractivity contribution in [1.29, 1.82) is 0 Å². The maximum Gasteiger partial charge on any atom is 0.271 e. The quantitative estimate of drug-likeness (QED) is 0.733. The van der Waals surface area contributed by atoms with Gasteiger partial charge in [0.1, 0.15) is 5.69 Å². The average Bonchev–Trinajstić information content (AvgIpc) is 2.16. The van der Waals surface area contributed by atoms with E-state index in [0.717, 1.165) is 13.0 Å². The van der Waals surface area contributed by atoms with Crippen LogP contribution < -0.4 is 5.32 Å². The topological polar surface area (TPSA) is 64.1 Å². The summed E-state index contributed by atoms with van der Waals surface area (Å²) in [6.45, 7) is 1.35. The number of carbonyl (C=O) groups is 1. The Morgan fingerprint density at radius 3 is 3.07 bits per heavy atom. The number of nitrogens with one attached hydrogen (secondary N) is 1. The van der Waals surface area contributed by atoms with Crippen LogP contribution in [0.4, 0.5) is 0 Å². The zero-order valence-corrected chi connectivity index (χ0v) is 7.64. The number of ether oxygens (including phenoxy) is 1. The minimum Gasteiger partial charge on any atom is -0.376 e. The van der Waals surface area contributed by atoms with Crippen LogP contribution in [0.2, 0.25) is 0 Å². The normalized spacial score (nSPS) is 19.9. The molecular formula is C9H11N3O2. The molecule has 1 fully saturated rings. The second kappa shape index (κ2) is 4.15. The lowest BCUT2D eigenvalue weighted by Crippen LogP contribution is -2.39. The molecule has 0 spiro atoms. The molecule has 1 N–H and O–H groups in total. The highest BCUT2D eigenvalue weighted by Crippen LogP contribution is 2.08. The molecule has 74 valence electrons. The first-order valence-corrected chi connectivity index (χ1v) is 4.52. The second-order valence-corrected chi connectivity index (χ2v) is 3.08. The number of hydrogen-bond acceptors (Lipinski definition) is 4. The molecule has 1 aliphatic heterocycles. The molecule has 2 heterocycles. The minimum absolute atomic E-state index is 0.177. The van der Waals surface area contributed by atoms with Crippen LogP contribution in [0.15, 0.2) is 18.6 Å². The fourth-order valence-corrected chi connectivity index (χ4v) is 1.16. The van der Waals surface area contributed by atoms with E-state index in [0.29, 0.717) is 12.2 Å². The Kier molecular flexibility index (Phi) is 2.69. The van der Waals surface area contributed by atoms with Crippen LogP contribution in [0.3, 0.4) is 0 Å². The molecule has 0 bridgehead atoms. The molecule has 1 amide bonds. The summed E-state index contributed by atoms with van der Waals surface area (Å²) in [7, 11) is 0. The lowest BCUT2D eigenvalue weighted by Gasteiger charge is -2.26. The second-order valence-electron chi connectivity index (χ2n) is 3.08. The molecule has 14 heavy (non-hydrogen) atoms. The fraction of sp³-hybridized carbons (Fsp3) is 0.444. The zero-order valence-electron chi connectivity index (χ0n) is 7.64. The van der Waals surface area contributed by atoms with Gasteiger partial charge in [-0.05, 0) is 6.42 Å². The van der Waals surface area contributed by atoms with Crippen LogP contribution in [0, 0.1) is 0 Å². The SMILES string of the molecule is O=C(NCC1CCO1)c1cnccn1. The van der Waals surface area contributed by atoms with Crippen molar-refractivity contribution in [3.8, 4) is 0 Å². The van der Waals surface area contributed by atoms with Gasteiger partial charge in [-0.2, -0.15) is 0 Å². The first-order chi connectivity index (χ1) is 6.86. The van der Waals surface area contributed by atoms with Crippen molar-refractivity contribution in [3.05, 3.63) is 24.3 Å². The number of nitrogens with zero attached hydrogens (tertiary/aromatic N) is 2. The Labute approximate surface area is 81.5 Å². The summed E-state index contributed by atoms with van der Waals surface area (Å²) in [6.07, 6.45) is 5.66. The van der Waals surface area contributed by atoms with Gasteiger partial charge in [-0.25, -0.2) is 4.98 Å². The Bertz CT molecular complexity index is 311. The van der Waals surface area contributed by atoms with Gasteiger partial charge in [-0.15, -0.1) is 0 Å². The van der Waals surface area contributed by atoms with E-state index >= 15 is 0 Å². The van der Waals surface area contributed by atoms with E-state index in [1.54, 1.807) is 0 Å². The Morgan fingerprint density at radius 1 is 1.64 bits per heavy atom. The third-order valence-electron chi connectivity index (χ3n) is 2.08. The Balaban J connectivity index is 1.83. The van der Waals surface area contributed by atoms with Gasteiger partial charge in [0.2, 0.25) is 0 Å². The molecule has 1 saturated heterocycles. The summed E-state index contributed by atoms with van der Waals surface area (Å²) in [5.41, 5.74) is 0.340. The Hall–Kier alpha value is -1.49. The number of hydrogen-bond donors (Lipinski definition) is 1. The van der Waals surface area contributed by atoms with Gasteiger partial charge >= 0.3 is 0 Å². The van der Waals surface area contributed by atoms with E-state index in [-0.39, 0.29) is 12.0 Å². The summed E-state index contributed by atoms with van der Waals surface area (Å²) in [5.74, 6) is -0.200. The summed E-state index contributed by atoms with van der Waals surface area (Å²) in [4.78, 5) is 19.1. The maximum atomic E-state index is 11.4. The highest BCUT2D eigenvalue weighted by molar-refractivity contribution is 5.91. The van der Waals surface area contributed by atoms with E-state index in [9.17, 15) is 4.79 Å². The highest BCUT2D eigenvalue weighted by atomic mass is 16.5. The first kappa shape index (κ1) is 9.08. The van der Waals surface area contributed by atoms with Crippen LogP contribution in [-0.2, 0) is 4.74 Å². The molecule has 0 radical (unpaired) electrons. The third kappa shape index (κ3) is 2.05. The van der Waals surface area contributed by atoms with E-state index in [1.807, 2.05) is 0 Å². The van der Waals surface area contributed by atoms with Crippen LogP contribution in [0.1, 0.15) is 16.9 Å². The summed E-state index contributed by atoms with van der Waals surface area (Å²) >= 11 is 0. The average molecular weight is 193 g/mol. The zero-order chi connectivity index (χ0) is 9.80. The van der Waals surface area contributed by atoms with E-state index in [4.69, 9.17) is 4.74 Å². The Morgan fingerprint density at radius 2 is 2.50 bits per heavy atom. The molecule has 0 aromatic carbocycles. The molecule has 1 aromatic rings. The van der Waals surface area contributed by atoms with E-state index < -0.39 is 0 Å². The van der Waals surface area contributed by atoms with Crippen molar-refractivity contribution in [2.75, 3.05) is 13.2 Å². The number of amides is 1. The van der Waals surface area contributed by atoms with E-state index in [1.165, 1.54) is 18.6 Å². The van der Waals surface area contributed by atoms with Crippen molar-refractivity contribution in [3.63, 3.8) is 0 Å². The molecule has 5 nitrogen and oxygen atoms in total. The van der Waals surface area contributed by atoms with Gasteiger partial charge in [0.15, 0.2) is 0 Å². The van der Waals surface area contributed by atoms with Crippen LogP contribution in [0.5, 0.6) is 0 Å². The molecule has 1 aromatic heterocycles. The number of carbonyl (C=O) groups excluding carboxylic acids is 1. The molecule has 0 aliphatic carbocycles. The van der Waals surface area contributed by atoms with Gasteiger partial charge in [-0.3, -0.25) is 9.78 Å². The molecule has 0 saturated carbocycles. The van der Waals surface area contributed by atoms with Gasteiger partial charge in [0.05, 0.1) is 12.3 Å². The predicted molar refractivity (Wildman–Crippen MR) is 48.7 cm³/mol. The summed E-state index contributed by atoms with van der Waals surface area (Å²) < 4.78 is 5.17. The van der Waals surface area contributed by atoms with Crippen LogP contribution in [0.25, 0.3) is 0 Å². The van der Waals surface area contributed by atoms with Crippen molar-refractivity contribution in [2.45, 2.75) is 12.5 Å². The summed E-state index contributed by atoms with van der Waals surface area (Å²) in [5, 5.41) is 2.73. The third-order valence-corrected chi connectivity index (χ3v) is 2.08. The van der Waals surface area contributed by atoms with Crippen molar-refractivity contribution in [2.24, 2.45) is 0 Å². The first-order valence-electron chi connectivity index (χ1n) is 4.52. The molecule has 5 heteroatoms. The van der Waals surface area contributed by atoms with Crippen molar-refractivity contribution >= 4 is 5.91 Å². The molecule has 1 aliphatic rings.